The number of halogens is 1. The smallest absolute Gasteiger partial charge is 0.0572 e. The van der Waals surface area contributed by atoms with E-state index in [1.165, 1.54) is 0 Å². The summed E-state index contributed by atoms with van der Waals surface area (Å²) < 4.78 is 1.05. The van der Waals surface area contributed by atoms with Gasteiger partial charge < -0.3 is 5.73 Å². The summed E-state index contributed by atoms with van der Waals surface area (Å²) in [6.45, 7) is 4.49. The fourth-order valence-corrected chi connectivity index (χ4v) is 1.36. The summed E-state index contributed by atoms with van der Waals surface area (Å²) in [5, 5.41) is 0. The van der Waals surface area contributed by atoms with Gasteiger partial charge in [0.15, 0.2) is 0 Å². The summed E-state index contributed by atoms with van der Waals surface area (Å²) in [6, 6.07) is 2.05. The van der Waals surface area contributed by atoms with Gasteiger partial charge in [-0.3, -0.25) is 4.98 Å². The molecular weight excluding hydrogens is 204 g/mol. The van der Waals surface area contributed by atoms with Crippen molar-refractivity contribution in [3.63, 3.8) is 0 Å². The van der Waals surface area contributed by atoms with Gasteiger partial charge in [-0.2, -0.15) is 0 Å². The molecule has 11 heavy (non-hydrogen) atoms. The molecule has 0 radical (unpaired) electrons. The van der Waals surface area contributed by atoms with Crippen LogP contribution in [0.4, 0.5) is 0 Å². The maximum absolute atomic E-state index is 5.49. The number of aryl methyl sites for hydroxylation is 2. The molecule has 0 bridgehead atoms. The Labute approximate surface area is 75.0 Å². The first kappa shape index (κ1) is 8.68. The van der Waals surface area contributed by atoms with Crippen molar-refractivity contribution < 1.29 is 0 Å². The Kier molecular flexibility index (Phi) is 2.62. The molecule has 0 saturated carbocycles. The SMILES string of the molecule is Cc1cc(Br)c(C)nc1CN. The molecule has 0 amide bonds. The van der Waals surface area contributed by atoms with E-state index in [-0.39, 0.29) is 0 Å². The molecule has 1 aromatic heterocycles. The lowest BCUT2D eigenvalue weighted by atomic mass is 10.2. The molecule has 1 heterocycles. The number of nitrogens with two attached hydrogens (primary N) is 1. The van der Waals surface area contributed by atoms with E-state index in [1.807, 2.05) is 19.9 Å². The molecule has 0 aliphatic heterocycles. The minimum atomic E-state index is 0.514. The first-order valence-electron chi connectivity index (χ1n) is 3.48. The van der Waals surface area contributed by atoms with E-state index in [0.717, 1.165) is 21.4 Å². The van der Waals surface area contributed by atoms with Gasteiger partial charge in [-0.15, -0.1) is 0 Å². The van der Waals surface area contributed by atoms with Crippen LogP contribution in [0.15, 0.2) is 10.5 Å². The van der Waals surface area contributed by atoms with Gasteiger partial charge in [-0.25, -0.2) is 0 Å². The maximum Gasteiger partial charge on any atom is 0.0572 e. The van der Waals surface area contributed by atoms with E-state index < -0.39 is 0 Å². The van der Waals surface area contributed by atoms with Gasteiger partial charge in [0.2, 0.25) is 0 Å². The molecular formula is C8H11BrN2. The van der Waals surface area contributed by atoms with E-state index in [4.69, 9.17) is 5.73 Å². The third-order valence-electron chi connectivity index (χ3n) is 1.64. The number of hydrogen-bond donors (Lipinski definition) is 1. The molecule has 0 unspecified atom stereocenters. The van der Waals surface area contributed by atoms with E-state index >= 15 is 0 Å². The quantitative estimate of drug-likeness (QED) is 0.777. The number of nitrogens with zero attached hydrogens (tertiary/aromatic N) is 1. The lowest BCUT2D eigenvalue weighted by Gasteiger charge is -2.04. The number of aromatic nitrogens is 1. The zero-order valence-electron chi connectivity index (χ0n) is 6.69. The molecule has 0 fully saturated rings. The summed E-state index contributed by atoms with van der Waals surface area (Å²) in [6.07, 6.45) is 0. The third-order valence-corrected chi connectivity index (χ3v) is 2.44. The Morgan fingerprint density at radius 1 is 1.55 bits per heavy atom. The minimum absolute atomic E-state index is 0.514. The second-order valence-electron chi connectivity index (χ2n) is 2.52. The Morgan fingerprint density at radius 3 is 2.73 bits per heavy atom. The Hall–Kier alpha value is -0.410. The van der Waals surface area contributed by atoms with Gasteiger partial charge in [0.1, 0.15) is 0 Å². The van der Waals surface area contributed by atoms with Gasteiger partial charge >= 0.3 is 0 Å². The zero-order chi connectivity index (χ0) is 8.43. The van der Waals surface area contributed by atoms with Crippen molar-refractivity contribution in [2.45, 2.75) is 20.4 Å². The summed E-state index contributed by atoms with van der Waals surface area (Å²) in [5.41, 5.74) is 8.61. The molecule has 0 aromatic carbocycles. The van der Waals surface area contributed by atoms with Crippen molar-refractivity contribution >= 4 is 15.9 Å². The maximum atomic E-state index is 5.49. The summed E-state index contributed by atoms with van der Waals surface area (Å²) in [5.74, 6) is 0. The average molecular weight is 215 g/mol. The number of hydrogen-bond acceptors (Lipinski definition) is 2. The van der Waals surface area contributed by atoms with Crippen LogP contribution in [0.5, 0.6) is 0 Å². The van der Waals surface area contributed by atoms with Crippen molar-refractivity contribution in [1.82, 2.24) is 4.98 Å². The highest BCUT2D eigenvalue weighted by Gasteiger charge is 2.01. The second-order valence-corrected chi connectivity index (χ2v) is 3.38. The molecule has 0 atom stereocenters. The van der Waals surface area contributed by atoms with Crippen molar-refractivity contribution in [2.24, 2.45) is 5.73 Å². The van der Waals surface area contributed by atoms with Crippen LogP contribution in [-0.4, -0.2) is 4.98 Å². The standard InChI is InChI=1S/C8H11BrN2/c1-5-3-7(9)6(2)11-8(5)4-10/h3H,4,10H2,1-2H3. The van der Waals surface area contributed by atoms with Gasteiger partial charge in [0.05, 0.1) is 11.4 Å². The van der Waals surface area contributed by atoms with Crippen molar-refractivity contribution in [1.29, 1.82) is 0 Å². The first-order valence-corrected chi connectivity index (χ1v) is 4.27. The van der Waals surface area contributed by atoms with E-state index in [2.05, 4.69) is 20.9 Å². The fraction of sp³-hybridized carbons (Fsp3) is 0.375. The van der Waals surface area contributed by atoms with Crippen molar-refractivity contribution in [2.75, 3.05) is 0 Å². The Morgan fingerprint density at radius 2 is 2.18 bits per heavy atom. The first-order chi connectivity index (χ1) is 5.15. The van der Waals surface area contributed by atoms with Crippen LogP contribution in [0.1, 0.15) is 17.0 Å². The van der Waals surface area contributed by atoms with Crippen LogP contribution in [-0.2, 0) is 6.54 Å². The lowest BCUT2D eigenvalue weighted by molar-refractivity contribution is 0.943. The summed E-state index contributed by atoms with van der Waals surface area (Å²) in [4.78, 5) is 4.32. The molecule has 2 N–H and O–H groups in total. The molecule has 1 aromatic rings. The third kappa shape index (κ3) is 1.79. The van der Waals surface area contributed by atoms with Gasteiger partial charge in [0.25, 0.3) is 0 Å². The van der Waals surface area contributed by atoms with Gasteiger partial charge in [-0.05, 0) is 41.4 Å². The molecule has 0 aliphatic carbocycles. The van der Waals surface area contributed by atoms with E-state index in [0.29, 0.717) is 6.54 Å². The molecule has 0 spiro atoms. The second kappa shape index (κ2) is 3.32. The highest BCUT2D eigenvalue weighted by atomic mass is 79.9. The molecule has 0 saturated heterocycles. The predicted octanol–water partition coefficient (Wildman–Crippen LogP) is 1.92. The van der Waals surface area contributed by atoms with Crippen LogP contribution in [0.25, 0.3) is 0 Å². The van der Waals surface area contributed by atoms with Gasteiger partial charge in [-0.1, -0.05) is 0 Å². The largest absolute Gasteiger partial charge is 0.325 e. The highest BCUT2D eigenvalue weighted by Crippen LogP contribution is 2.17. The van der Waals surface area contributed by atoms with Crippen molar-refractivity contribution in [3.8, 4) is 0 Å². The monoisotopic (exact) mass is 214 g/mol. The van der Waals surface area contributed by atoms with Crippen LogP contribution < -0.4 is 5.73 Å². The lowest BCUT2D eigenvalue weighted by Crippen LogP contribution is -2.03. The summed E-state index contributed by atoms with van der Waals surface area (Å²) >= 11 is 3.41. The normalized spacial score (nSPS) is 10.2. The van der Waals surface area contributed by atoms with Crippen LogP contribution >= 0.6 is 15.9 Å². The average Bonchev–Trinajstić information content (AvgIpc) is 1.97. The van der Waals surface area contributed by atoms with E-state index in [1.54, 1.807) is 0 Å². The number of pyridine rings is 1. The fourth-order valence-electron chi connectivity index (χ4n) is 0.928. The molecule has 60 valence electrons. The highest BCUT2D eigenvalue weighted by molar-refractivity contribution is 9.10. The van der Waals surface area contributed by atoms with E-state index in [9.17, 15) is 0 Å². The van der Waals surface area contributed by atoms with Gasteiger partial charge in [0, 0.05) is 11.0 Å². The molecule has 0 aliphatic rings. The topological polar surface area (TPSA) is 38.9 Å². The van der Waals surface area contributed by atoms with Crippen LogP contribution in [0.3, 0.4) is 0 Å². The molecule has 2 nitrogen and oxygen atoms in total. The van der Waals surface area contributed by atoms with Crippen LogP contribution in [0, 0.1) is 13.8 Å². The summed E-state index contributed by atoms with van der Waals surface area (Å²) in [7, 11) is 0. The number of rotatable bonds is 1. The minimum Gasteiger partial charge on any atom is -0.325 e. The predicted molar refractivity (Wildman–Crippen MR) is 49.3 cm³/mol. The molecule has 1 rings (SSSR count). The van der Waals surface area contributed by atoms with Crippen molar-refractivity contribution in [3.05, 3.63) is 27.5 Å². The Bertz CT molecular complexity index is 271. The van der Waals surface area contributed by atoms with Crippen LogP contribution in [0.2, 0.25) is 0 Å². The molecule has 3 heteroatoms. The Balaban J connectivity index is 3.21. The zero-order valence-corrected chi connectivity index (χ0v) is 8.27.